The van der Waals surface area contributed by atoms with Gasteiger partial charge < -0.3 is 4.74 Å². The van der Waals surface area contributed by atoms with Gasteiger partial charge in [0.25, 0.3) is 0 Å². The second kappa shape index (κ2) is 5.17. The van der Waals surface area contributed by atoms with Crippen LogP contribution in [0.5, 0.6) is 6.01 Å². The summed E-state index contributed by atoms with van der Waals surface area (Å²) in [7, 11) is -3.46. The minimum atomic E-state index is -3.46. The second-order valence-corrected chi connectivity index (χ2v) is 4.73. The van der Waals surface area contributed by atoms with E-state index in [4.69, 9.17) is 16.3 Å². The van der Waals surface area contributed by atoms with E-state index in [2.05, 4.69) is 19.9 Å². The van der Waals surface area contributed by atoms with Gasteiger partial charge in [-0.05, 0) is 6.92 Å². The Morgan fingerprint density at radius 3 is 2.93 bits per heavy atom. The maximum absolute atomic E-state index is 11.2. The predicted octanol–water partition coefficient (Wildman–Crippen LogP) is 0.184. The molecule has 0 aliphatic carbocycles. The maximum Gasteiger partial charge on any atom is 0.337 e. The summed E-state index contributed by atoms with van der Waals surface area (Å²) in [6.07, 6.45) is 0. The fourth-order valence-electron chi connectivity index (χ4n) is 0.786. The minimum Gasteiger partial charge on any atom is -0.463 e. The monoisotopic (exact) mass is 254 g/mol. The van der Waals surface area contributed by atoms with Crippen molar-refractivity contribution in [1.82, 2.24) is 15.2 Å². The van der Waals surface area contributed by atoms with E-state index in [1.165, 1.54) is 0 Å². The normalized spacial score (nSPS) is 11.3. The molecular formula is C6H11ClN4O3S. The molecule has 0 aliphatic rings. The van der Waals surface area contributed by atoms with Crippen molar-refractivity contribution in [3.63, 3.8) is 0 Å². The van der Waals surface area contributed by atoms with Crippen molar-refractivity contribution in [2.45, 2.75) is 6.92 Å². The lowest BCUT2D eigenvalue weighted by molar-refractivity contribution is 0.314. The molecule has 1 heterocycles. The summed E-state index contributed by atoms with van der Waals surface area (Å²) in [6.45, 7) is 2.18. The van der Waals surface area contributed by atoms with Crippen LogP contribution in [0.15, 0.2) is 0 Å². The summed E-state index contributed by atoms with van der Waals surface area (Å²) in [5, 5.41) is 6.02. The molecule has 1 aromatic rings. The summed E-state index contributed by atoms with van der Waals surface area (Å²) < 4.78 is 29.6. The number of hydrogen-bond acceptors (Lipinski definition) is 5. The van der Waals surface area contributed by atoms with E-state index in [1.54, 1.807) is 6.92 Å². The number of sulfonamides is 1. The highest BCUT2D eigenvalue weighted by Crippen LogP contribution is 2.07. The van der Waals surface area contributed by atoms with Crippen LogP contribution >= 0.6 is 11.6 Å². The highest BCUT2D eigenvalue weighted by molar-refractivity contribution is 7.92. The summed E-state index contributed by atoms with van der Waals surface area (Å²) >= 11 is 5.32. The van der Waals surface area contributed by atoms with Gasteiger partial charge in [-0.1, -0.05) is 0 Å². The Morgan fingerprint density at radius 1 is 1.60 bits per heavy atom. The summed E-state index contributed by atoms with van der Waals surface area (Å²) in [6, 6.07) is 0.0982. The van der Waals surface area contributed by atoms with Crippen molar-refractivity contribution < 1.29 is 13.2 Å². The summed E-state index contributed by atoms with van der Waals surface area (Å²) in [5.41, 5.74) is 0. The fourth-order valence-corrected chi connectivity index (χ4v) is 2.09. The van der Waals surface area contributed by atoms with Gasteiger partial charge >= 0.3 is 6.01 Å². The highest BCUT2D eigenvalue weighted by Gasteiger charge is 2.12. The van der Waals surface area contributed by atoms with Crippen molar-refractivity contribution in [2.75, 3.05) is 23.0 Å². The van der Waals surface area contributed by atoms with E-state index >= 15 is 0 Å². The third-order valence-corrected chi connectivity index (χ3v) is 3.00. The number of anilines is 1. The molecule has 0 atom stereocenters. The average molecular weight is 255 g/mol. The zero-order valence-corrected chi connectivity index (χ0v) is 9.60. The third-order valence-electron chi connectivity index (χ3n) is 1.34. The first-order valence-corrected chi connectivity index (χ1v) is 6.37. The molecule has 7 nitrogen and oxygen atoms in total. The summed E-state index contributed by atoms with van der Waals surface area (Å²) in [4.78, 5) is 3.75. The van der Waals surface area contributed by atoms with Crippen LogP contribution in [-0.4, -0.2) is 41.8 Å². The zero-order valence-electron chi connectivity index (χ0n) is 8.03. The van der Waals surface area contributed by atoms with E-state index in [-0.39, 0.29) is 23.6 Å². The van der Waals surface area contributed by atoms with Crippen LogP contribution in [0.1, 0.15) is 6.92 Å². The Hall–Kier alpha value is -1.02. The highest BCUT2D eigenvalue weighted by atomic mass is 35.5. The number of halogens is 1. The molecule has 0 spiro atoms. The van der Waals surface area contributed by atoms with Gasteiger partial charge in [-0.3, -0.25) is 4.72 Å². The zero-order chi connectivity index (χ0) is 11.3. The van der Waals surface area contributed by atoms with E-state index in [0.717, 1.165) is 0 Å². The molecule has 1 rings (SSSR count). The lowest BCUT2D eigenvalue weighted by atomic mass is 10.9. The molecule has 15 heavy (non-hydrogen) atoms. The molecule has 0 saturated carbocycles. The van der Waals surface area contributed by atoms with Crippen LogP contribution in [-0.2, 0) is 10.0 Å². The first-order chi connectivity index (χ1) is 7.07. The molecule has 86 valence electrons. The predicted molar refractivity (Wildman–Crippen MR) is 55.7 cm³/mol. The van der Waals surface area contributed by atoms with Gasteiger partial charge in [0.1, 0.15) is 0 Å². The Kier molecular flexibility index (Phi) is 4.15. The topological polar surface area (TPSA) is 97.0 Å². The quantitative estimate of drug-likeness (QED) is 0.706. The number of aromatic nitrogens is 3. The van der Waals surface area contributed by atoms with Crippen LogP contribution in [0, 0.1) is 0 Å². The molecular weight excluding hydrogens is 244 g/mol. The number of aromatic amines is 1. The van der Waals surface area contributed by atoms with Crippen molar-refractivity contribution in [3.8, 4) is 6.01 Å². The molecule has 0 saturated heterocycles. The molecule has 0 aliphatic heterocycles. The number of ether oxygens (including phenoxy) is 1. The van der Waals surface area contributed by atoms with Gasteiger partial charge in [-0.2, -0.15) is 4.98 Å². The number of nitrogens with zero attached hydrogens (tertiary/aromatic N) is 2. The summed E-state index contributed by atoms with van der Waals surface area (Å²) in [5.74, 6) is -0.148. The first kappa shape index (κ1) is 12.1. The van der Waals surface area contributed by atoms with Crippen molar-refractivity contribution in [2.24, 2.45) is 0 Å². The maximum atomic E-state index is 11.2. The van der Waals surface area contributed by atoms with Gasteiger partial charge in [0.05, 0.1) is 12.4 Å². The molecule has 0 unspecified atom stereocenters. The van der Waals surface area contributed by atoms with Gasteiger partial charge in [-0.15, -0.1) is 16.7 Å². The van der Waals surface area contributed by atoms with Crippen LogP contribution in [0.3, 0.4) is 0 Å². The smallest absolute Gasteiger partial charge is 0.337 e. The Bertz CT molecular complexity index is 404. The number of H-pyrrole nitrogens is 1. The van der Waals surface area contributed by atoms with Crippen molar-refractivity contribution in [1.29, 1.82) is 0 Å². The van der Waals surface area contributed by atoms with Gasteiger partial charge in [-0.25, -0.2) is 13.5 Å². The fraction of sp³-hybridized carbons (Fsp3) is 0.667. The third kappa shape index (κ3) is 3.92. The number of rotatable bonds is 6. The molecule has 0 fully saturated rings. The van der Waals surface area contributed by atoms with Gasteiger partial charge in [0.2, 0.25) is 16.0 Å². The van der Waals surface area contributed by atoms with E-state index in [9.17, 15) is 8.42 Å². The SMILES string of the molecule is CCOc1n[nH]c(NS(=O)(=O)CCCl)n1. The van der Waals surface area contributed by atoms with Crippen molar-refractivity contribution >= 4 is 27.6 Å². The number of nitrogens with one attached hydrogen (secondary N) is 2. The van der Waals surface area contributed by atoms with Crippen LogP contribution in [0.2, 0.25) is 0 Å². The molecule has 9 heteroatoms. The average Bonchev–Trinajstić information content (AvgIpc) is 2.52. The van der Waals surface area contributed by atoms with E-state index < -0.39 is 10.0 Å². The lowest BCUT2D eigenvalue weighted by Gasteiger charge is -2.00. The molecule has 1 aromatic heterocycles. The number of alkyl halides is 1. The van der Waals surface area contributed by atoms with Crippen LogP contribution < -0.4 is 9.46 Å². The standard InChI is InChI=1S/C6H11ClN4O3S/c1-2-14-6-8-5(9-10-6)11-15(12,13)4-3-7/h2-4H2,1H3,(H2,8,9,10,11). The van der Waals surface area contributed by atoms with Gasteiger partial charge in [0.15, 0.2) is 0 Å². The first-order valence-electron chi connectivity index (χ1n) is 4.19. The number of hydrogen-bond donors (Lipinski definition) is 2. The van der Waals surface area contributed by atoms with E-state index in [1.807, 2.05) is 0 Å². The van der Waals surface area contributed by atoms with Crippen LogP contribution in [0.25, 0.3) is 0 Å². The van der Waals surface area contributed by atoms with Crippen molar-refractivity contribution in [3.05, 3.63) is 0 Å². The Labute approximate surface area is 92.2 Å². The molecule has 0 bridgehead atoms. The van der Waals surface area contributed by atoms with E-state index in [0.29, 0.717) is 6.61 Å². The Morgan fingerprint density at radius 2 is 2.33 bits per heavy atom. The van der Waals surface area contributed by atoms with Gasteiger partial charge in [0, 0.05) is 5.88 Å². The molecule has 2 N–H and O–H groups in total. The second-order valence-electron chi connectivity index (χ2n) is 2.51. The lowest BCUT2D eigenvalue weighted by Crippen LogP contribution is -2.18. The minimum absolute atomic E-state index is 0.0157. The largest absolute Gasteiger partial charge is 0.463 e. The molecule has 0 radical (unpaired) electrons. The molecule has 0 amide bonds. The Balaban J connectivity index is 2.64. The molecule has 0 aromatic carbocycles. The van der Waals surface area contributed by atoms with Crippen LogP contribution in [0.4, 0.5) is 5.95 Å².